The molecule has 1 heterocycles. The highest BCUT2D eigenvalue weighted by molar-refractivity contribution is 7.99. The Morgan fingerprint density at radius 3 is 2.57 bits per heavy atom. The zero-order valence-corrected chi connectivity index (χ0v) is 9.76. The second-order valence-corrected chi connectivity index (χ2v) is 5.12. The highest BCUT2D eigenvalue weighted by Gasteiger charge is 2.15. The topological polar surface area (TPSA) is 38.7 Å². The monoisotopic (exact) mass is 220 g/mol. The van der Waals surface area contributed by atoms with E-state index in [1.54, 1.807) is 11.8 Å². The number of aliphatic hydroxyl groups is 1. The SMILES string of the molecule is CC(O)C(C)SCCC1OCCCO1. The Morgan fingerprint density at radius 2 is 2.00 bits per heavy atom. The van der Waals surface area contributed by atoms with Crippen LogP contribution in [0.25, 0.3) is 0 Å². The lowest BCUT2D eigenvalue weighted by Gasteiger charge is -2.23. The van der Waals surface area contributed by atoms with E-state index in [-0.39, 0.29) is 12.4 Å². The molecule has 0 saturated carbocycles. The van der Waals surface area contributed by atoms with Crippen LogP contribution < -0.4 is 0 Å². The summed E-state index contributed by atoms with van der Waals surface area (Å²) >= 11 is 1.77. The molecule has 1 saturated heterocycles. The van der Waals surface area contributed by atoms with Gasteiger partial charge in [-0.15, -0.1) is 0 Å². The molecular formula is C10H20O3S. The normalized spacial score (nSPS) is 23.4. The average Bonchev–Trinajstić information content (AvgIpc) is 2.19. The van der Waals surface area contributed by atoms with Gasteiger partial charge in [0.05, 0.1) is 19.3 Å². The first-order chi connectivity index (χ1) is 6.70. The summed E-state index contributed by atoms with van der Waals surface area (Å²) in [6.45, 7) is 5.51. The molecule has 1 fully saturated rings. The van der Waals surface area contributed by atoms with Crippen LogP contribution in [0.4, 0.5) is 0 Å². The molecule has 2 unspecified atom stereocenters. The minimum Gasteiger partial charge on any atom is -0.392 e. The van der Waals surface area contributed by atoms with E-state index in [0.717, 1.165) is 31.8 Å². The molecule has 1 rings (SSSR count). The molecular weight excluding hydrogens is 200 g/mol. The maximum atomic E-state index is 9.27. The Morgan fingerprint density at radius 1 is 1.36 bits per heavy atom. The van der Waals surface area contributed by atoms with E-state index in [1.165, 1.54) is 0 Å². The third-order valence-electron chi connectivity index (χ3n) is 2.31. The summed E-state index contributed by atoms with van der Waals surface area (Å²) in [6, 6.07) is 0. The molecule has 84 valence electrons. The van der Waals surface area contributed by atoms with Crippen LogP contribution in [-0.4, -0.2) is 41.7 Å². The van der Waals surface area contributed by atoms with Crippen molar-refractivity contribution in [1.82, 2.24) is 0 Å². The van der Waals surface area contributed by atoms with Gasteiger partial charge in [-0.25, -0.2) is 0 Å². The van der Waals surface area contributed by atoms with Crippen molar-refractivity contribution in [2.45, 2.75) is 44.3 Å². The number of thioether (sulfide) groups is 1. The van der Waals surface area contributed by atoms with E-state index in [2.05, 4.69) is 0 Å². The standard InChI is InChI=1S/C10H20O3S/c1-8(11)9(2)14-7-4-10-12-5-3-6-13-10/h8-11H,3-7H2,1-2H3. The summed E-state index contributed by atoms with van der Waals surface area (Å²) < 4.78 is 10.8. The van der Waals surface area contributed by atoms with Crippen LogP contribution in [0, 0.1) is 0 Å². The van der Waals surface area contributed by atoms with Gasteiger partial charge in [0, 0.05) is 11.7 Å². The molecule has 4 heteroatoms. The van der Waals surface area contributed by atoms with Gasteiger partial charge in [0.25, 0.3) is 0 Å². The lowest BCUT2D eigenvalue weighted by atomic mass is 10.3. The van der Waals surface area contributed by atoms with Crippen molar-refractivity contribution >= 4 is 11.8 Å². The molecule has 14 heavy (non-hydrogen) atoms. The lowest BCUT2D eigenvalue weighted by molar-refractivity contribution is -0.178. The Kier molecular flexibility index (Phi) is 5.86. The summed E-state index contributed by atoms with van der Waals surface area (Å²) in [5.74, 6) is 0.983. The fraction of sp³-hybridized carbons (Fsp3) is 1.00. The van der Waals surface area contributed by atoms with E-state index in [9.17, 15) is 5.11 Å². The summed E-state index contributed by atoms with van der Waals surface area (Å²) in [5, 5.41) is 9.56. The first kappa shape index (κ1) is 12.3. The molecule has 0 aromatic carbocycles. The zero-order chi connectivity index (χ0) is 10.4. The van der Waals surface area contributed by atoms with Crippen LogP contribution in [0.3, 0.4) is 0 Å². The first-order valence-corrected chi connectivity index (χ1v) is 6.28. The van der Waals surface area contributed by atoms with Crippen LogP contribution in [0.5, 0.6) is 0 Å². The number of hydrogen-bond donors (Lipinski definition) is 1. The first-order valence-electron chi connectivity index (χ1n) is 5.23. The van der Waals surface area contributed by atoms with Crippen molar-refractivity contribution in [3.8, 4) is 0 Å². The second-order valence-electron chi connectivity index (χ2n) is 3.63. The van der Waals surface area contributed by atoms with Gasteiger partial charge in [-0.2, -0.15) is 11.8 Å². The molecule has 2 atom stereocenters. The van der Waals surface area contributed by atoms with Gasteiger partial charge >= 0.3 is 0 Å². The maximum Gasteiger partial charge on any atom is 0.158 e. The van der Waals surface area contributed by atoms with Crippen molar-refractivity contribution in [2.24, 2.45) is 0 Å². The largest absolute Gasteiger partial charge is 0.392 e. The van der Waals surface area contributed by atoms with Crippen LogP contribution >= 0.6 is 11.8 Å². The Labute approximate surface area is 90.2 Å². The van der Waals surface area contributed by atoms with Crippen LogP contribution in [0.2, 0.25) is 0 Å². The minimum atomic E-state index is -0.242. The number of rotatable bonds is 5. The third-order valence-corrected chi connectivity index (χ3v) is 3.70. The van der Waals surface area contributed by atoms with Crippen molar-refractivity contribution in [1.29, 1.82) is 0 Å². The number of hydrogen-bond acceptors (Lipinski definition) is 4. The summed E-state index contributed by atoms with van der Waals surface area (Å²) in [6.07, 6.45) is 1.67. The maximum absolute atomic E-state index is 9.27. The minimum absolute atomic E-state index is 0.0163. The molecule has 0 aromatic heterocycles. The average molecular weight is 220 g/mol. The molecule has 0 spiro atoms. The molecule has 3 nitrogen and oxygen atoms in total. The van der Waals surface area contributed by atoms with E-state index in [0.29, 0.717) is 5.25 Å². The van der Waals surface area contributed by atoms with Crippen molar-refractivity contribution < 1.29 is 14.6 Å². The van der Waals surface area contributed by atoms with Crippen LogP contribution in [0.1, 0.15) is 26.7 Å². The third kappa shape index (κ3) is 4.64. The number of ether oxygens (including phenoxy) is 2. The lowest BCUT2D eigenvalue weighted by Crippen LogP contribution is -2.26. The highest BCUT2D eigenvalue weighted by atomic mass is 32.2. The Hall–Kier alpha value is 0.230. The van der Waals surface area contributed by atoms with Gasteiger partial charge in [-0.05, 0) is 19.1 Å². The predicted molar refractivity (Wildman–Crippen MR) is 58.5 cm³/mol. The van der Waals surface area contributed by atoms with Gasteiger partial charge in [0.2, 0.25) is 0 Å². The quantitative estimate of drug-likeness (QED) is 0.764. The van der Waals surface area contributed by atoms with Gasteiger partial charge in [-0.3, -0.25) is 0 Å². The summed E-state index contributed by atoms with van der Waals surface area (Å²) in [7, 11) is 0. The van der Waals surface area contributed by atoms with E-state index in [1.807, 2.05) is 13.8 Å². The summed E-state index contributed by atoms with van der Waals surface area (Å²) in [5.41, 5.74) is 0. The fourth-order valence-corrected chi connectivity index (χ4v) is 2.17. The molecule has 0 bridgehead atoms. The van der Waals surface area contributed by atoms with Crippen molar-refractivity contribution in [3.63, 3.8) is 0 Å². The molecule has 0 aliphatic carbocycles. The Bertz CT molecular complexity index is 146. The molecule has 0 aromatic rings. The highest BCUT2D eigenvalue weighted by Crippen LogP contribution is 2.18. The van der Waals surface area contributed by atoms with Gasteiger partial charge < -0.3 is 14.6 Å². The molecule has 1 N–H and O–H groups in total. The molecule has 1 aliphatic heterocycles. The predicted octanol–water partition coefficient (Wildman–Crippen LogP) is 1.64. The smallest absolute Gasteiger partial charge is 0.158 e. The molecule has 0 radical (unpaired) electrons. The van der Waals surface area contributed by atoms with Gasteiger partial charge in [0.1, 0.15) is 0 Å². The van der Waals surface area contributed by atoms with Crippen LogP contribution in [-0.2, 0) is 9.47 Å². The zero-order valence-electron chi connectivity index (χ0n) is 8.94. The van der Waals surface area contributed by atoms with Crippen LogP contribution in [0.15, 0.2) is 0 Å². The summed E-state index contributed by atoms with van der Waals surface area (Å²) in [4.78, 5) is 0. The van der Waals surface area contributed by atoms with Gasteiger partial charge in [-0.1, -0.05) is 6.92 Å². The van der Waals surface area contributed by atoms with Crippen molar-refractivity contribution in [3.05, 3.63) is 0 Å². The van der Waals surface area contributed by atoms with Crippen molar-refractivity contribution in [2.75, 3.05) is 19.0 Å². The second kappa shape index (κ2) is 6.67. The van der Waals surface area contributed by atoms with Gasteiger partial charge in [0.15, 0.2) is 6.29 Å². The van der Waals surface area contributed by atoms with E-state index < -0.39 is 0 Å². The number of aliphatic hydroxyl groups excluding tert-OH is 1. The molecule has 1 aliphatic rings. The van der Waals surface area contributed by atoms with E-state index in [4.69, 9.17) is 9.47 Å². The van der Waals surface area contributed by atoms with E-state index >= 15 is 0 Å². The Balaban J connectivity index is 2.02. The fourth-order valence-electron chi connectivity index (χ4n) is 1.19. The molecule has 0 amide bonds.